The van der Waals surface area contributed by atoms with E-state index >= 15 is 0 Å². The van der Waals surface area contributed by atoms with Gasteiger partial charge in [0, 0.05) is 31.2 Å². The average Bonchev–Trinajstić information content (AvgIpc) is 2.86. The van der Waals surface area contributed by atoms with Gasteiger partial charge in [-0.1, -0.05) is 13.8 Å². The smallest absolute Gasteiger partial charge is 0.180 e. The minimum absolute atomic E-state index is 0.109. The van der Waals surface area contributed by atoms with Crippen molar-refractivity contribution >= 4 is 27.4 Å². The molecule has 2 aromatic heterocycles. The molecule has 0 unspecified atom stereocenters. The van der Waals surface area contributed by atoms with Crippen molar-refractivity contribution < 1.29 is 5.11 Å². The zero-order chi connectivity index (χ0) is 13.8. The Hall–Kier alpha value is -1.14. The monoisotopic (exact) mass is 326 g/mol. The van der Waals surface area contributed by atoms with Crippen LogP contribution in [-0.4, -0.2) is 38.7 Å². The van der Waals surface area contributed by atoms with E-state index in [-0.39, 0.29) is 6.61 Å². The summed E-state index contributed by atoms with van der Waals surface area (Å²) in [6.45, 7) is 4.98. The molecule has 0 atom stereocenters. The third-order valence-corrected chi connectivity index (χ3v) is 3.71. The molecule has 1 N–H and O–H groups in total. The standard InChI is InChI=1S/C13H19BrN4O/c1-3-10(4-2)18(7-8-19)13-12-15-5-6-17(12)9-11(14)16-13/h5-6,9-10,19H,3-4,7-8H2,1-2H3. The fourth-order valence-corrected chi connectivity index (χ4v) is 2.77. The molecule has 5 nitrogen and oxygen atoms in total. The maximum Gasteiger partial charge on any atom is 0.180 e. The second-order valence-electron chi connectivity index (χ2n) is 4.43. The quantitative estimate of drug-likeness (QED) is 0.886. The van der Waals surface area contributed by atoms with E-state index < -0.39 is 0 Å². The second-order valence-corrected chi connectivity index (χ2v) is 5.25. The second kappa shape index (κ2) is 6.34. The molecule has 0 aliphatic rings. The lowest BCUT2D eigenvalue weighted by atomic mass is 10.1. The number of imidazole rings is 1. The SMILES string of the molecule is CCC(CC)N(CCO)c1nc(Br)cn2ccnc12. The lowest BCUT2D eigenvalue weighted by Gasteiger charge is -2.31. The van der Waals surface area contributed by atoms with E-state index in [9.17, 15) is 5.11 Å². The average molecular weight is 327 g/mol. The van der Waals surface area contributed by atoms with Crippen LogP contribution in [0.2, 0.25) is 0 Å². The van der Waals surface area contributed by atoms with Gasteiger partial charge in [-0.2, -0.15) is 0 Å². The molecule has 2 heterocycles. The Morgan fingerprint density at radius 3 is 2.79 bits per heavy atom. The molecular weight excluding hydrogens is 308 g/mol. The molecule has 0 aromatic carbocycles. The van der Waals surface area contributed by atoms with Crippen molar-refractivity contribution in [1.82, 2.24) is 14.4 Å². The fourth-order valence-electron chi connectivity index (χ4n) is 2.38. The van der Waals surface area contributed by atoms with Crippen molar-refractivity contribution in [3.8, 4) is 0 Å². The van der Waals surface area contributed by atoms with Gasteiger partial charge < -0.3 is 14.4 Å². The van der Waals surface area contributed by atoms with Crippen LogP contribution >= 0.6 is 15.9 Å². The maximum absolute atomic E-state index is 9.32. The Labute approximate surface area is 121 Å². The minimum Gasteiger partial charge on any atom is -0.395 e. The van der Waals surface area contributed by atoms with E-state index in [2.05, 4.69) is 44.6 Å². The van der Waals surface area contributed by atoms with Crippen molar-refractivity contribution in [2.75, 3.05) is 18.1 Å². The molecule has 104 valence electrons. The molecule has 6 heteroatoms. The first-order chi connectivity index (χ1) is 9.21. The van der Waals surface area contributed by atoms with Gasteiger partial charge in [-0.25, -0.2) is 9.97 Å². The van der Waals surface area contributed by atoms with E-state index in [1.807, 2.05) is 16.8 Å². The van der Waals surface area contributed by atoms with Crippen molar-refractivity contribution in [3.63, 3.8) is 0 Å². The molecule has 0 radical (unpaired) electrons. The summed E-state index contributed by atoms with van der Waals surface area (Å²) in [6, 6.07) is 0.356. The fraction of sp³-hybridized carbons (Fsp3) is 0.538. The van der Waals surface area contributed by atoms with Crippen LogP contribution in [0.25, 0.3) is 5.65 Å². The first-order valence-electron chi connectivity index (χ1n) is 6.57. The third-order valence-electron chi connectivity index (χ3n) is 3.32. The van der Waals surface area contributed by atoms with E-state index in [1.54, 1.807) is 6.20 Å². The van der Waals surface area contributed by atoms with E-state index in [0.717, 1.165) is 28.9 Å². The molecule has 2 rings (SSSR count). The predicted octanol–water partition coefficient (Wildman–Crippen LogP) is 2.48. The summed E-state index contributed by atoms with van der Waals surface area (Å²) < 4.78 is 2.71. The lowest BCUT2D eigenvalue weighted by Crippen LogP contribution is -2.37. The molecule has 19 heavy (non-hydrogen) atoms. The van der Waals surface area contributed by atoms with E-state index in [4.69, 9.17) is 0 Å². The summed E-state index contributed by atoms with van der Waals surface area (Å²) in [5.41, 5.74) is 0.823. The highest BCUT2D eigenvalue weighted by Crippen LogP contribution is 2.24. The summed E-state index contributed by atoms with van der Waals surface area (Å²) in [4.78, 5) is 11.1. The molecule has 0 bridgehead atoms. The van der Waals surface area contributed by atoms with Crippen LogP contribution in [0.3, 0.4) is 0 Å². The van der Waals surface area contributed by atoms with Gasteiger partial charge in [0.15, 0.2) is 11.5 Å². The highest BCUT2D eigenvalue weighted by Gasteiger charge is 2.20. The summed E-state index contributed by atoms with van der Waals surface area (Å²) >= 11 is 3.43. The number of hydrogen-bond acceptors (Lipinski definition) is 4. The Morgan fingerprint density at radius 1 is 1.42 bits per heavy atom. The largest absolute Gasteiger partial charge is 0.395 e. The number of aliphatic hydroxyl groups is 1. The van der Waals surface area contributed by atoms with Gasteiger partial charge in [-0.05, 0) is 28.8 Å². The van der Waals surface area contributed by atoms with Crippen molar-refractivity contribution in [3.05, 3.63) is 23.2 Å². The lowest BCUT2D eigenvalue weighted by molar-refractivity contribution is 0.295. The number of nitrogens with zero attached hydrogens (tertiary/aromatic N) is 4. The first kappa shape index (κ1) is 14.3. The van der Waals surface area contributed by atoms with Gasteiger partial charge in [0.25, 0.3) is 0 Å². The molecule has 0 aliphatic carbocycles. The van der Waals surface area contributed by atoms with Crippen LogP contribution in [-0.2, 0) is 0 Å². The normalized spacial score (nSPS) is 11.4. The molecule has 0 saturated carbocycles. The number of anilines is 1. The van der Waals surface area contributed by atoms with Gasteiger partial charge in [-0.15, -0.1) is 0 Å². The Bertz CT molecular complexity index is 538. The van der Waals surface area contributed by atoms with Crippen molar-refractivity contribution in [1.29, 1.82) is 0 Å². The number of aromatic nitrogens is 3. The zero-order valence-corrected chi connectivity index (χ0v) is 12.8. The van der Waals surface area contributed by atoms with E-state index in [0.29, 0.717) is 12.6 Å². The third kappa shape index (κ3) is 2.90. The zero-order valence-electron chi connectivity index (χ0n) is 11.3. The Morgan fingerprint density at radius 2 is 2.16 bits per heavy atom. The van der Waals surface area contributed by atoms with Crippen LogP contribution in [0, 0.1) is 0 Å². The summed E-state index contributed by atoms with van der Waals surface area (Å²) in [5, 5.41) is 9.32. The van der Waals surface area contributed by atoms with Crippen molar-refractivity contribution in [2.45, 2.75) is 32.7 Å². The topological polar surface area (TPSA) is 53.7 Å². The summed E-state index contributed by atoms with van der Waals surface area (Å²) in [6.07, 6.45) is 7.57. The number of hydrogen-bond donors (Lipinski definition) is 1. The number of rotatable bonds is 6. The summed E-state index contributed by atoms with van der Waals surface area (Å²) in [7, 11) is 0. The van der Waals surface area contributed by atoms with Crippen LogP contribution in [0.1, 0.15) is 26.7 Å². The number of fused-ring (bicyclic) bond motifs is 1. The molecule has 0 saturated heterocycles. The minimum atomic E-state index is 0.109. The van der Waals surface area contributed by atoms with Crippen LogP contribution in [0.15, 0.2) is 23.2 Å². The number of aliphatic hydroxyl groups excluding tert-OH is 1. The molecular formula is C13H19BrN4O. The maximum atomic E-state index is 9.32. The van der Waals surface area contributed by atoms with E-state index in [1.165, 1.54) is 0 Å². The summed E-state index contributed by atoms with van der Waals surface area (Å²) in [5.74, 6) is 0.821. The molecule has 0 spiro atoms. The highest BCUT2D eigenvalue weighted by atomic mass is 79.9. The highest BCUT2D eigenvalue weighted by molar-refractivity contribution is 9.10. The van der Waals surface area contributed by atoms with Crippen molar-refractivity contribution in [2.24, 2.45) is 0 Å². The molecule has 0 aliphatic heterocycles. The molecule has 0 fully saturated rings. The van der Waals surface area contributed by atoms with Gasteiger partial charge in [0.1, 0.15) is 4.60 Å². The molecule has 2 aromatic rings. The Balaban J connectivity index is 2.51. The molecule has 0 amide bonds. The van der Waals surface area contributed by atoms with Crippen LogP contribution in [0.5, 0.6) is 0 Å². The van der Waals surface area contributed by atoms with Gasteiger partial charge >= 0.3 is 0 Å². The van der Waals surface area contributed by atoms with Crippen LogP contribution < -0.4 is 4.90 Å². The number of halogens is 1. The first-order valence-corrected chi connectivity index (χ1v) is 7.37. The Kier molecular flexibility index (Phi) is 4.76. The van der Waals surface area contributed by atoms with Gasteiger partial charge in [0.2, 0.25) is 0 Å². The van der Waals surface area contributed by atoms with Crippen LogP contribution in [0.4, 0.5) is 5.82 Å². The van der Waals surface area contributed by atoms with Gasteiger partial charge in [0.05, 0.1) is 6.61 Å². The van der Waals surface area contributed by atoms with Gasteiger partial charge in [-0.3, -0.25) is 0 Å². The predicted molar refractivity (Wildman–Crippen MR) is 79.5 cm³/mol.